The molecule has 0 aliphatic carbocycles. The van der Waals surface area contributed by atoms with Crippen LogP contribution in [0.1, 0.15) is 87.4 Å². The molecule has 2 amide bonds. The summed E-state index contributed by atoms with van der Waals surface area (Å²) in [5, 5.41) is 0.720. The van der Waals surface area contributed by atoms with Crippen molar-refractivity contribution in [1.82, 2.24) is 4.90 Å². The molecule has 0 saturated heterocycles. The number of cyclic esters (lactones) is 2. The molecule has 0 bridgehead atoms. The van der Waals surface area contributed by atoms with Crippen LogP contribution in [-0.4, -0.2) is 34.7 Å². The number of hydrogen-bond donors (Lipinski definition) is 0. The molecule has 4 rings (SSSR count). The summed E-state index contributed by atoms with van der Waals surface area (Å²) in [6.07, 6.45) is 5.02. The zero-order valence-corrected chi connectivity index (χ0v) is 15.9. The van der Waals surface area contributed by atoms with Gasteiger partial charge in [0.2, 0.25) is 0 Å². The highest BCUT2D eigenvalue weighted by Gasteiger charge is 2.39. The fourth-order valence-corrected chi connectivity index (χ4v) is 4.13. The van der Waals surface area contributed by atoms with Gasteiger partial charge in [-0.1, -0.05) is 32.6 Å². The summed E-state index contributed by atoms with van der Waals surface area (Å²) in [4.78, 5) is 51.8. The van der Waals surface area contributed by atoms with Gasteiger partial charge in [0.05, 0.1) is 11.1 Å². The van der Waals surface area contributed by atoms with E-state index in [9.17, 15) is 19.2 Å². The standard InChI is InChI=1S/C22H21NO5/c1-3-4-5-6-7-12(2)23-19(24)13-8-10-15-18-16(22(27)28-21(15)26)11-9-14(17(13)18)20(23)25/h8-12H,3-7H2,1-2H3. The van der Waals surface area contributed by atoms with Crippen LogP contribution < -0.4 is 0 Å². The number of amides is 2. The molecule has 2 aliphatic heterocycles. The Bertz CT molecular complexity index is 970. The Morgan fingerprint density at radius 2 is 1.29 bits per heavy atom. The van der Waals surface area contributed by atoms with Gasteiger partial charge >= 0.3 is 11.9 Å². The number of esters is 2. The first-order chi connectivity index (χ1) is 13.5. The molecule has 2 aromatic carbocycles. The van der Waals surface area contributed by atoms with Gasteiger partial charge in [0.25, 0.3) is 11.8 Å². The van der Waals surface area contributed by atoms with Crippen LogP contribution in [0, 0.1) is 0 Å². The molecule has 1 unspecified atom stereocenters. The largest absolute Gasteiger partial charge is 0.386 e. The van der Waals surface area contributed by atoms with E-state index in [2.05, 4.69) is 6.92 Å². The first kappa shape index (κ1) is 18.3. The Hall–Kier alpha value is -3.02. The molecule has 0 aromatic heterocycles. The maximum absolute atomic E-state index is 13.1. The predicted octanol–water partition coefficient (Wildman–Crippen LogP) is 4.11. The monoisotopic (exact) mass is 379 g/mol. The Morgan fingerprint density at radius 3 is 1.82 bits per heavy atom. The lowest BCUT2D eigenvalue weighted by atomic mass is 9.87. The summed E-state index contributed by atoms with van der Waals surface area (Å²) in [6, 6.07) is 5.87. The minimum Gasteiger partial charge on any atom is -0.386 e. The number of imide groups is 1. The van der Waals surface area contributed by atoms with E-state index >= 15 is 0 Å². The minimum absolute atomic E-state index is 0.205. The Labute approximate surface area is 162 Å². The van der Waals surface area contributed by atoms with Crippen molar-refractivity contribution < 1.29 is 23.9 Å². The molecule has 0 radical (unpaired) electrons. The van der Waals surface area contributed by atoms with E-state index in [1.54, 1.807) is 12.1 Å². The van der Waals surface area contributed by atoms with Crippen LogP contribution in [-0.2, 0) is 4.74 Å². The van der Waals surface area contributed by atoms with Crippen molar-refractivity contribution in [2.75, 3.05) is 0 Å². The van der Waals surface area contributed by atoms with Crippen LogP contribution in [0.3, 0.4) is 0 Å². The summed E-state index contributed by atoms with van der Waals surface area (Å²) in [5.41, 5.74) is 1.10. The number of hydrogen-bond acceptors (Lipinski definition) is 5. The van der Waals surface area contributed by atoms with E-state index in [0.717, 1.165) is 32.1 Å². The van der Waals surface area contributed by atoms with E-state index in [0.29, 0.717) is 21.9 Å². The number of benzene rings is 2. The highest BCUT2D eigenvalue weighted by atomic mass is 16.6. The smallest absolute Gasteiger partial charge is 0.346 e. The minimum atomic E-state index is -0.757. The molecule has 144 valence electrons. The summed E-state index contributed by atoms with van der Waals surface area (Å²) in [6.45, 7) is 4.02. The summed E-state index contributed by atoms with van der Waals surface area (Å²) in [5.74, 6) is -2.27. The van der Waals surface area contributed by atoms with Crippen molar-refractivity contribution in [3.05, 3.63) is 46.5 Å². The predicted molar refractivity (Wildman–Crippen MR) is 102 cm³/mol. The van der Waals surface area contributed by atoms with Gasteiger partial charge in [0, 0.05) is 27.9 Å². The molecule has 28 heavy (non-hydrogen) atoms. The summed E-state index contributed by atoms with van der Waals surface area (Å²) in [7, 11) is 0. The first-order valence-electron chi connectivity index (χ1n) is 9.69. The molecule has 2 aromatic rings. The summed E-state index contributed by atoms with van der Waals surface area (Å²) < 4.78 is 4.75. The van der Waals surface area contributed by atoms with E-state index in [4.69, 9.17) is 4.74 Å². The highest BCUT2D eigenvalue weighted by molar-refractivity contribution is 6.31. The van der Waals surface area contributed by atoms with Crippen molar-refractivity contribution in [1.29, 1.82) is 0 Å². The molecule has 1 atom stereocenters. The zero-order valence-electron chi connectivity index (χ0n) is 15.9. The molecular weight excluding hydrogens is 358 g/mol. The molecule has 2 aliphatic rings. The van der Waals surface area contributed by atoms with E-state index in [1.165, 1.54) is 17.0 Å². The van der Waals surface area contributed by atoms with Gasteiger partial charge in [0.1, 0.15) is 0 Å². The second kappa shape index (κ2) is 6.86. The second-order valence-corrected chi connectivity index (χ2v) is 7.43. The molecule has 0 saturated carbocycles. The van der Waals surface area contributed by atoms with Crippen molar-refractivity contribution in [2.24, 2.45) is 0 Å². The number of ether oxygens (including phenoxy) is 1. The van der Waals surface area contributed by atoms with Gasteiger partial charge in [-0.15, -0.1) is 0 Å². The van der Waals surface area contributed by atoms with Crippen LogP contribution >= 0.6 is 0 Å². The number of carbonyl (C=O) groups is 4. The maximum Gasteiger partial charge on any atom is 0.346 e. The molecule has 2 heterocycles. The molecule has 0 spiro atoms. The van der Waals surface area contributed by atoms with Gasteiger partial charge in [-0.25, -0.2) is 9.59 Å². The first-order valence-corrected chi connectivity index (χ1v) is 9.69. The van der Waals surface area contributed by atoms with Crippen molar-refractivity contribution >= 4 is 34.5 Å². The van der Waals surface area contributed by atoms with Crippen molar-refractivity contribution in [3.8, 4) is 0 Å². The number of unbranched alkanes of at least 4 members (excludes halogenated alkanes) is 3. The van der Waals surface area contributed by atoms with Crippen LogP contribution in [0.25, 0.3) is 10.8 Å². The Morgan fingerprint density at radius 1 is 0.786 bits per heavy atom. The van der Waals surface area contributed by atoms with Crippen LogP contribution in [0.2, 0.25) is 0 Å². The third kappa shape index (κ3) is 2.63. The number of nitrogens with zero attached hydrogens (tertiary/aromatic N) is 1. The molecular formula is C22H21NO5. The second-order valence-electron chi connectivity index (χ2n) is 7.43. The third-order valence-corrected chi connectivity index (χ3v) is 5.60. The normalized spacial score (nSPS) is 16.6. The maximum atomic E-state index is 13.1. The van der Waals surface area contributed by atoms with E-state index in [-0.39, 0.29) is 29.0 Å². The fourth-order valence-electron chi connectivity index (χ4n) is 4.13. The quantitative estimate of drug-likeness (QED) is 0.327. The lowest BCUT2D eigenvalue weighted by Gasteiger charge is -2.33. The average molecular weight is 379 g/mol. The van der Waals surface area contributed by atoms with Gasteiger partial charge in [-0.3, -0.25) is 14.5 Å². The van der Waals surface area contributed by atoms with Gasteiger partial charge in [-0.05, 0) is 37.6 Å². The molecule has 0 fully saturated rings. The van der Waals surface area contributed by atoms with Gasteiger partial charge in [-0.2, -0.15) is 0 Å². The van der Waals surface area contributed by atoms with Gasteiger partial charge < -0.3 is 4.74 Å². The molecule has 0 N–H and O–H groups in total. The lowest BCUT2D eigenvalue weighted by molar-refractivity contribution is 0.0387. The summed E-state index contributed by atoms with van der Waals surface area (Å²) >= 11 is 0. The van der Waals surface area contributed by atoms with Crippen molar-refractivity contribution in [3.63, 3.8) is 0 Å². The lowest BCUT2D eigenvalue weighted by Crippen LogP contribution is -2.46. The van der Waals surface area contributed by atoms with E-state index < -0.39 is 11.9 Å². The fraction of sp³-hybridized carbons (Fsp3) is 0.364. The van der Waals surface area contributed by atoms with E-state index in [1.807, 2.05) is 6.92 Å². The van der Waals surface area contributed by atoms with Gasteiger partial charge in [0.15, 0.2) is 0 Å². The highest BCUT2D eigenvalue weighted by Crippen LogP contribution is 2.37. The van der Waals surface area contributed by atoms with Crippen LogP contribution in [0.5, 0.6) is 0 Å². The SMILES string of the molecule is CCCCCCC(C)N1C(=O)c2ccc3c4c(ccc(c24)C1=O)C(=O)OC3=O. The van der Waals surface area contributed by atoms with Crippen LogP contribution in [0.15, 0.2) is 24.3 Å². The topological polar surface area (TPSA) is 80.8 Å². The molecule has 6 nitrogen and oxygen atoms in total. The average Bonchev–Trinajstić information content (AvgIpc) is 2.67. The van der Waals surface area contributed by atoms with Crippen LogP contribution in [0.4, 0.5) is 0 Å². The third-order valence-electron chi connectivity index (χ3n) is 5.60. The zero-order chi connectivity index (χ0) is 20.0. The molecule has 6 heteroatoms. The number of carbonyl (C=O) groups excluding carboxylic acids is 4. The Kier molecular flexibility index (Phi) is 4.49. The Balaban J connectivity index is 1.79. The number of rotatable bonds is 6. The van der Waals surface area contributed by atoms with Crippen molar-refractivity contribution in [2.45, 2.75) is 52.0 Å².